The second kappa shape index (κ2) is 4.94. The van der Waals surface area contributed by atoms with E-state index in [1.54, 1.807) is 18.3 Å². The summed E-state index contributed by atoms with van der Waals surface area (Å²) < 4.78 is 10.3. The van der Waals surface area contributed by atoms with Crippen molar-refractivity contribution in [1.29, 1.82) is 0 Å². The lowest BCUT2D eigenvalue weighted by atomic mass is 10.2. The van der Waals surface area contributed by atoms with Gasteiger partial charge >= 0.3 is 5.97 Å². The summed E-state index contributed by atoms with van der Waals surface area (Å²) in [6.07, 6.45) is 2.65. The average Bonchev–Trinajstić information content (AvgIpc) is 2.81. The number of methoxy groups -OCH3 is 1. The molecule has 1 aliphatic rings. The van der Waals surface area contributed by atoms with Gasteiger partial charge in [0.15, 0.2) is 0 Å². The van der Waals surface area contributed by atoms with Crippen LogP contribution in [0.4, 0.5) is 0 Å². The molecular formula is C11H14N2O3. The minimum Gasteiger partial charge on any atom is -0.473 e. The first kappa shape index (κ1) is 10.9. The van der Waals surface area contributed by atoms with Gasteiger partial charge in [-0.1, -0.05) is 0 Å². The van der Waals surface area contributed by atoms with Crippen LogP contribution in [0.15, 0.2) is 18.3 Å². The van der Waals surface area contributed by atoms with Crippen molar-refractivity contribution in [3.63, 3.8) is 0 Å². The molecule has 1 aromatic rings. The number of rotatable bonds is 3. The summed E-state index contributed by atoms with van der Waals surface area (Å²) in [5.41, 5.74) is 0.457. The van der Waals surface area contributed by atoms with Crippen LogP contribution in [0.3, 0.4) is 0 Å². The molecule has 2 rings (SSSR count). The van der Waals surface area contributed by atoms with Crippen molar-refractivity contribution in [3.8, 4) is 5.88 Å². The molecule has 0 aliphatic carbocycles. The highest BCUT2D eigenvalue weighted by Crippen LogP contribution is 2.14. The molecule has 2 heterocycles. The van der Waals surface area contributed by atoms with Gasteiger partial charge in [0.25, 0.3) is 0 Å². The standard InChI is InChI=1S/C11H14N2O3/c1-15-11(14)8-2-5-13-10(6-8)16-9-3-4-12-7-9/h2,5-6,9,12H,3-4,7H2,1H3. The third kappa shape index (κ3) is 2.49. The largest absolute Gasteiger partial charge is 0.473 e. The second-order valence-corrected chi connectivity index (χ2v) is 3.61. The smallest absolute Gasteiger partial charge is 0.338 e. The van der Waals surface area contributed by atoms with Crippen molar-refractivity contribution >= 4 is 5.97 Å². The molecule has 0 aromatic carbocycles. The minimum absolute atomic E-state index is 0.139. The fraction of sp³-hybridized carbons (Fsp3) is 0.455. The summed E-state index contributed by atoms with van der Waals surface area (Å²) in [4.78, 5) is 15.3. The molecule has 1 aliphatic heterocycles. The summed E-state index contributed by atoms with van der Waals surface area (Å²) in [5.74, 6) is 0.0911. The first-order valence-electron chi connectivity index (χ1n) is 5.21. The van der Waals surface area contributed by atoms with Crippen molar-refractivity contribution < 1.29 is 14.3 Å². The van der Waals surface area contributed by atoms with Crippen LogP contribution in [0.2, 0.25) is 0 Å². The highest BCUT2D eigenvalue weighted by molar-refractivity contribution is 5.89. The van der Waals surface area contributed by atoms with Crippen LogP contribution in [0, 0.1) is 0 Å². The molecule has 1 fully saturated rings. The lowest BCUT2D eigenvalue weighted by Crippen LogP contribution is -2.20. The van der Waals surface area contributed by atoms with Crippen LogP contribution in [-0.2, 0) is 4.74 Å². The Morgan fingerprint density at radius 1 is 1.62 bits per heavy atom. The quantitative estimate of drug-likeness (QED) is 0.759. The van der Waals surface area contributed by atoms with E-state index in [4.69, 9.17) is 4.74 Å². The molecule has 5 heteroatoms. The maximum atomic E-state index is 11.3. The van der Waals surface area contributed by atoms with E-state index in [9.17, 15) is 4.79 Å². The molecule has 1 atom stereocenters. The molecule has 86 valence electrons. The van der Waals surface area contributed by atoms with Gasteiger partial charge in [-0.2, -0.15) is 0 Å². The molecule has 1 saturated heterocycles. The topological polar surface area (TPSA) is 60.5 Å². The van der Waals surface area contributed by atoms with Crippen molar-refractivity contribution in [2.45, 2.75) is 12.5 Å². The lowest BCUT2D eigenvalue weighted by molar-refractivity contribution is 0.0599. The summed E-state index contributed by atoms with van der Waals surface area (Å²) in [7, 11) is 1.35. The maximum Gasteiger partial charge on any atom is 0.338 e. The fourth-order valence-corrected chi connectivity index (χ4v) is 1.62. The predicted octanol–water partition coefficient (Wildman–Crippen LogP) is 0.609. The summed E-state index contributed by atoms with van der Waals surface area (Å²) in [6.45, 7) is 1.78. The number of carbonyl (C=O) groups excluding carboxylic acids is 1. The van der Waals surface area contributed by atoms with Crippen LogP contribution >= 0.6 is 0 Å². The zero-order valence-electron chi connectivity index (χ0n) is 9.10. The zero-order chi connectivity index (χ0) is 11.4. The summed E-state index contributed by atoms with van der Waals surface area (Å²) >= 11 is 0. The van der Waals surface area contributed by atoms with Gasteiger partial charge in [0.1, 0.15) is 6.10 Å². The molecule has 0 bridgehead atoms. The Labute approximate surface area is 93.8 Å². The fourth-order valence-electron chi connectivity index (χ4n) is 1.62. The number of carbonyl (C=O) groups is 1. The van der Waals surface area contributed by atoms with E-state index in [1.807, 2.05) is 0 Å². The Balaban J connectivity index is 2.06. The van der Waals surface area contributed by atoms with Gasteiger partial charge in [-0.05, 0) is 19.0 Å². The Morgan fingerprint density at radius 2 is 2.50 bits per heavy atom. The van der Waals surface area contributed by atoms with E-state index in [1.165, 1.54) is 7.11 Å². The Morgan fingerprint density at radius 3 is 3.19 bits per heavy atom. The van der Waals surface area contributed by atoms with E-state index in [0.29, 0.717) is 11.4 Å². The normalized spacial score (nSPS) is 19.4. The van der Waals surface area contributed by atoms with Gasteiger partial charge in [-0.15, -0.1) is 0 Å². The maximum absolute atomic E-state index is 11.3. The monoisotopic (exact) mass is 222 g/mol. The molecule has 0 radical (unpaired) electrons. The van der Waals surface area contributed by atoms with Gasteiger partial charge < -0.3 is 14.8 Å². The minimum atomic E-state index is -0.378. The van der Waals surface area contributed by atoms with E-state index < -0.39 is 0 Å². The molecule has 1 aromatic heterocycles. The number of hydrogen-bond acceptors (Lipinski definition) is 5. The number of nitrogens with zero attached hydrogens (tertiary/aromatic N) is 1. The lowest BCUT2D eigenvalue weighted by Gasteiger charge is -2.11. The Bertz CT molecular complexity index is 375. The Hall–Kier alpha value is -1.62. The van der Waals surface area contributed by atoms with Gasteiger partial charge in [-0.3, -0.25) is 0 Å². The first-order chi connectivity index (χ1) is 7.79. The molecular weight excluding hydrogens is 208 g/mol. The van der Waals surface area contributed by atoms with E-state index >= 15 is 0 Å². The molecule has 16 heavy (non-hydrogen) atoms. The third-order valence-corrected chi connectivity index (χ3v) is 2.46. The third-order valence-electron chi connectivity index (χ3n) is 2.46. The number of esters is 1. The molecule has 0 amide bonds. The van der Waals surface area contributed by atoms with Crippen LogP contribution in [0.25, 0.3) is 0 Å². The summed E-state index contributed by atoms with van der Waals surface area (Å²) in [6, 6.07) is 3.20. The molecule has 5 nitrogen and oxygen atoms in total. The van der Waals surface area contributed by atoms with E-state index in [2.05, 4.69) is 15.0 Å². The highest BCUT2D eigenvalue weighted by Gasteiger charge is 2.17. The average molecular weight is 222 g/mol. The van der Waals surface area contributed by atoms with Crippen LogP contribution < -0.4 is 10.1 Å². The van der Waals surface area contributed by atoms with E-state index in [0.717, 1.165) is 19.5 Å². The van der Waals surface area contributed by atoms with Gasteiger partial charge in [-0.25, -0.2) is 9.78 Å². The molecule has 1 N–H and O–H groups in total. The van der Waals surface area contributed by atoms with Gasteiger partial charge in [0.2, 0.25) is 5.88 Å². The number of aromatic nitrogens is 1. The van der Waals surface area contributed by atoms with Crippen LogP contribution in [0.1, 0.15) is 16.8 Å². The van der Waals surface area contributed by atoms with Gasteiger partial charge in [0, 0.05) is 18.8 Å². The number of ether oxygens (including phenoxy) is 2. The molecule has 1 unspecified atom stereocenters. The van der Waals surface area contributed by atoms with Crippen molar-refractivity contribution in [2.24, 2.45) is 0 Å². The molecule has 0 saturated carbocycles. The highest BCUT2D eigenvalue weighted by atomic mass is 16.5. The summed E-state index contributed by atoms with van der Waals surface area (Å²) in [5, 5.41) is 3.20. The van der Waals surface area contributed by atoms with Crippen molar-refractivity contribution in [3.05, 3.63) is 23.9 Å². The van der Waals surface area contributed by atoms with E-state index in [-0.39, 0.29) is 12.1 Å². The van der Waals surface area contributed by atoms with Crippen molar-refractivity contribution in [1.82, 2.24) is 10.3 Å². The van der Waals surface area contributed by atoms with Crippen LogP contribution in [-0.4, -0.2) is 37.3 Å². The Kier molecular flexibility index (Phi) is 3.36. The first-order valence-corrected chi connectivity index (χ1v) is 5.21. The second-order valence-electron chi connectivity index (χ2n) is 3.61. The van der Waals surface area contributed by atoms with Gasteiger partial charge in [0.05, 0.1) is 12.7 Å². The number of pyridine rings is 1. The number of nitrogens with one attached hydrogen (secondary N) is 1. The zero-order valence-corrected chi connectivity index (χ0v) is 9.10. The van der Waals surface area contributed by atoms with Crippen LogP contribution in [0.5, 0.6) is 5.88 Å². The SMILES string of the molecule is COC(=O)c1ccnc(OC2CCNC2)c1. The number of hydrogen-bond donors (Lipinski definition) is 1. The predicted molar refractivity (Wildman–Crippen MR) is 57.5 cm³/mol. The molecule has 0 spiro atoms. The van der Waals surface area contributed by atoms with Crippen molar-refractivity contribution in [2.75, 3.05) is 20.2 Å².